The molecule has 0 spiro atoms. The van der Waals surface area contributed by atoms with Crippen molar-refractivity contribution < 1.29 is 9.53 Å². The van der Waals surface area contributed by atoms with E-state index < -0.39 is 5.97 Å². The van der Waals surface area contributed by atoms with Gasteiger partial charge in [-0.3, -0.25) is 4.40 Å². The monoisotopic (exact) mass is 324 g/mol. The second-order valence-electron chi connectivity index (χ2n) is 3.66. The summed E-state index contributed by atoms with van der Waals surface area (Å²) in [5.74, 6) is -0.399. The number of halogens is 1. The van der Waals surface area contributed by atoms with Crippen LogP contribution < -0.4 is 0 Å². The minimum absolute atomic E-state index is 0.328. The van der Waals surface area contributed by atoms with E-state index >= 15 is 0 Å². The fourth-order valence-corrected chi connectivity index (χ4v) is 3.57. The number of fused-ring (bicyclic) bond motifs is 3. The number of imidazole rings is 1. The maximum Gasteiger partial charge on any atom is 0.359 e. The number of carbonyl (C=O) groups excluding carboxylic acids is 1. The molecule has 18 heavy (non-hydrogen) atoms. The SMILES string of the molecule is CCOC(=O)c1nc2sc3ccccc3n2c1Br. The molecule has 2 aromatic heterocycles. The second kappa shape index (κ2) is 4.37. The largest absolute Gasteiger partial charge is 0.461 e. The van der Waals surface area contributed by atoms with Crippen molar-refractivity contribution in [1.29, 1.82) is 0 Å². The average Bonchev–Trinajstić information content (AvgIpc) is 2.87. The molecule has 1 aromatic carbocycles. The highest BCUT2D eigenvalue weighted by molar-refractivity contribution is 9.10. The van der Waals surface area contributed by atoms with Crippen molar-refractivity contribution in [3.63, 3.8) is 0 Å². The van der Waals surface area contributed by atoms with Gasteiger partial charge in [0.1, 0.15) is 4.60 Å². The van der Waals surface area contributed by atoms with Crippen LogP contribution in [0.1, 0.15) is 17.4 Å². The number of hydrogen-bond donors (Lipinski definition) is 0. The van der Waals surface area contributed by atoms with Gasteiger partial charge in [0.25, 0.3) is 0 Å². The van der Waals surface area contributed by atoms with E-state index in [2.05, 4.69) is 20.9 Å². The van der Waals surface area contributed by atoms with Crippen molar-refractivity contribution in [3.8, 4) is 0 Å². The summed E-state index contributed by atoms with van der Waals surface area (Å²) in [6.07, 6.45) is 0. The highest BCUT2D eigenvalue weighted by Crippen LogP contribution is 2.31. The van der Waals surface area contributed by atoms with E-state index in [4.69, 9.17) is 4.74 Å². The van der Waals surface area contributed by atoms with Crippen molar-refractivity contribution in [2.24, 2.45) is 0 Å². The fraction of sp³-hybridized carbons (Fsp3) is 0.167. The van der Waals surface area contributed by atoms with Crippen LogP contribution in [0.3, 0.4) is 0 Å². The van der Waals surface area contributed by atoms with Crippen LogP contribution in [0.15, 0.2) is 28.9 Å². The molecule has 0 atom stereocenters. The van der Waals surface area contributed by atoms with Gasteiger partial charge in [0.05, 0.1) is 16.8 Å². The zero-order valence-electron chi connectivity index (χ0n) is 9.51. The molecular formula is C12H9BrN2O2S. The number of thiazole rings is 1. The molecule has 0 aliphatic rings. The second-order valence-corrected chi connectivity index (χ2v) is 5.42. The van der Waals surface area contributed by atoms with Crippen molar-refractivity contribution in [1.82, 2.24) is 9.38 Å². The third-order valence-electron chi connectivity index (χ3n) is 2.57. The molecule has 0 radical (unpaired) electrons. The minimum Gasteiger partial charge on any atom is -0.461 e. The van der Waals surface area contributed by atoms with E-state index in [1.165, 1.54) is 0 Å². The molecule has 92 valence electrons. The van der Waals surface area contributed by atoms with Gasteiger partial charge < -0.3 is 4.74 Å². The summed E-state index contributed by atoms with van der Waals surface area (Å²) < 4.78 is 8.68. The number of rotatable bonds is 2. The summed E-state index contributed by atoms with van der Waals surface area (Å²) in [5.41, 5.74) is 1.36. The van der Waals surface area contributed by atoms with E-state index in [0.717, 1.165) is 15.2 Å². The Hall–Kier alpha value is -1.40. The predicted molar refractivity (Wildman–Crippen MR) is 74.2 cm³/mol. The zero-order valence-corrected chi connectivity index (χ0v) is 11.9. The third-order valence-corrected chi connectivity index (χ3v) is 4.32. The highest BCUT2D eigenvalue weighted by atomic mass is 79.9. The van der Waals surface area contributed by atoms with Gasteiger partial charge in [0, 0.05) is 0 Å². The average molecular weight is 325 g/mol. The molecule has 6 heteroatoms. The van der Waals surface area contributed by atoms with E-state index in [9.17, 15) is 4.79 Å². The van der Waals surface area contributed by atoms with Crippen LogP contribution in [0.4, 0.5) is 0 Å². The van der Waals surface area contributed by atoms with Crippen LogP contribution in [0.5, 0.6) is 0 Å². The molecule has 0 saturated heterocycles. The molecule has 3 aromatic rings. The first-order chi connectivity index (χ1) is 8.72. The van der Waals surface area contributed by atoms with Gasteiger partial charge in [-0.25, -0.2) is 9.78 Å². The van der Waals surface area contributed by atoms with Gasteiger partial charge in [-0.15, -0.1) is 0 Å². The molecule has 0 aliphatic carbocycles. The fourth-order valence-electron chi connectivity index (χ4n) is 1.81. The molecule has 0 saturated carbocycles. The van der Waals surface area contributed by atoms with Gasteiger partial charge in [-0.1, -0.05) is 23.5 Å². The summed E-state index contributed by atoms with van der Waals surface area (Å²) in [7, 11) is 0. The lowest BCUT2D eigenvalue weighted by atomic mass is 10.3. The first-order valence-electron chi connectivity index (χ1n) is 5.45. The number of ether oxygens (including phenoxy) is 1. The zero-order chi connectivity index (χ0) is 12.7. The Morgan fingerprint density at radius 2 is 2.28 bits per heavy atom. The summed E-state index contributed by atoms with van der Waals surface area (Å²) in [6, 6.07) is 7.98. The maximum absolute atomic E-state index is 11.7. The molecule has 3 rings (SSSR count). The molecule has 0 N–H and O–H groups in total. The number of carbonyl (C=O) groups is 1. The van der Waals surface area contributed by atoms with Crippen LogP contribution in [0.2, 0.25) is 0 Å². The predicted octanol–water partition coefficient (Wildman–Crippen LogP) is 3.49. The van der Waals surface area contributed by atoms with Crippen LogP contribution >= 0.6 is 27.3 Å². The molecule has 2 heterocycles. The topological polar surface area (TPSA) is 43.6 Å². The number of benzene rings is 1. The Morgan fingerprint density at radius 3 is 3.06 bits per heavy atom. The van der Waals surface area contributed by atoms with Crippen molar-refractivity contribution in [3.05, 3.63) is 34.6 Å². The van der Waals surface area contributed by atoms with Crippen molar-refractivity contribution in [2.75, 3.05) is 6.61 Å². The standard InChI is InChI=1S/C12H9BrN2O2S/c1-2-17-11(16)9-10(13)15-7-5-3-4-6-8(7)18-12(15)14-9/h3-6H,2H2,1H3. The first kappa shape index (κ1) is 11.7. The maximum atomic E-state index is 11.7. The Labute approximate surface area is 115 Å². The normalized spacial score (nSPS) is 11.2. The van der Waals surface area contributed by atoms with E-state index in [1.54, 1.807) is 18.3 Å². The van der Waals surface area contributed by atoms with Gasteiger partial charge in [-0.05, 0) is 35.0 Å². The highest BCUT2D eigenvalue weighted by Gasteiger charge is 2.20. The van der Waals surface area contributed by atoms with Gasteiger partial charge in [0.15, 0.2) is 10.7 Å². The Kier molecular flexibility index (Phi) is 2.83. The molecule has 0 fully saturated rings. The third kappa shape index (κ3) is 1.64. The minimum atomic E-state index is -0.399. The lowest BCUT2D eigenvalue weighted by Gasteiger charge is -1.98. The first-order valence-corrected chi connectivity index (χ1v) is 7.06. The van der Waals surface area contributed by atoms with Gasteiger partial charge in [-0.2, -0.15) is 0 Å². The number of nitrogens with zero attached hydrogens (tertiary/aromatic N) is 2. The van der Waals surface area contributed by atoms with E-state index in [-0.39, 0.29) is 0 Å². The van der Waals surface area contributed by atoms with Crippen LogP contribution in [-0.4, -0.2) is 22.0 Å². The summed E-state index contributed by atoms with van der Waals surface area (Å²) in [5, 5.41) is 0. The molecule has 4 nitrogen and oxygen atoms in total. The Balaban J connectivity index is 2.26. The summed E-state index contributed by atoms with van der Waals surface area (Å²) in [6.45, 7) is 2.12. The van der Waals surface area contributed by atoms with Crippen LogP contribution in [-0.2, 0) is 4.74 Å². The van der Waals surface area contributed by atoms with E-state index in [0.29, 0.717) is 16.9 Å². The number of esters is 1. The lowest BCUT2D eigenvalue weighted by Crippen LogP contribution is -2.05. The molecule has 0 aliphatic heterocycles. The number of hydrogen-bond acceptors (Lipinski definition) is 4. The molecule has 0 bridgehead atoms. The smallest absolute Gasteiger partial charge is 0.359 e. The van der Waals surface area contributed by atoms with Gasteiger partial charge >= 0.3 is 5.97 Å². The number of para-hydroxylation sites is 1. The lowest BCUT2D eigenvalue weighted by molar-refractivity contribution is 0.0519. The molecule has 0 unspecified atom stereocenters. The van der Waals surface area contributed by atoms with Crippen LogP contribution in [0, 0.1) is 0 Å². The summed E-state index contributed by atoms with van der Waals surface area (Å²) >= 11 is 4.98. The Bertz CT molecular complexity index is 747. The van der Waals surface area contributed by atoms with E-state index in [1.807, 2.05) is 28.7 Å². The van der Waals surface area contributed by atoms with Crippen LogP contribution in [0.25, 0.3) is 15.2 Å². The quantitative estimate of drug-likeness (QED) is 0.678. The summed E-state index contributed by atoms with van der Waals surface area (Å²) in [4.78, 5) is 16.9. The van der Waals surface area contributed by atoms with Gasteiger partial charge in [0.2, 0.25) is 0 Å². The molecular weight excluding hydrogens is 316 g/mol. The van der Waals surface area contributed by atoms with Crippen molar-refractivity contribution >= 4 is 48.4 Å². The molecule has 0 amide bonds. The number of aromatic nitrogens is 2. The Morgan fingerprint density at radius 1 is 1.50 bits per heavy atom. The van der Waals surface area contributed by atoms with Crippen molar-refractivity contribution in [2.45, 2.75) is 6.92 Å².